The van der Waals surface area contributed by atoms with Gasteiger partial charge in [0.25, 0.3) is 6.54 Å². The third kappa shape index (κ3) is 7.43. The number of pyridine rings is 2. The number of nitrogens with zero attached hydrogens (tertiary/aromatic N) is 8. The number of fused-ring (bicyclic) bond motifs is 2. The zero-order valence-corrected chi connectivity index (χ0v) is 27.7. The zero-order valence-electron chi connectivity index (χ0n) is 24.5. The molecule has 10 nitrogen and oxygen atoms in total. The summed E-state index contributed by atoms with van der Waals surface area (Å²) >= 11 is 6.92. The smallest absolute Gasteiger partial charge is 0.397 e. The topological polar surface area (TPSA) is 96.4 Å². The Morgan fingerprint density at radius 1 is 0.844 bits per heavy atom. The minimum atomic E-state index is -1.11. The Balaban J connectivity index is 0.000000186. The van der Waals surface area contributed by atoms with Crippen LogP contribution >= 0.6 is 31.9 Å². The summed E-state index contributed by atoms with van der Waals surface area (Å²) < 4.78 is 10.7. The summed E-state index contributed by atoms with van der Waals surface area (Å²) in [5.41, 5.74) is 2.29. The van der Waals surface area contributed by atoms with Gasteiger partial charge in [0.15, 0.2) is 11.6 Å². The van der Waals surface area contributed by atoms with Crippen molar-refractivity contribution in [3.63, 3.8) is 0 Å². The standard InChI is InChI=1S/C19H17BrN4O2.C14H9BrN4/c1-19(2,3)26-18(25)17(21-4)14-6-5-7-16(23-14)24-15-10-13(20)9-8-12(15)11-22-24;1-16-9-12-3-2-4-14(18-12)19-13-7-11(15)6-5-10(13)8-17-19/h5-11,17H,1-3H3;2-8H,9H2. The lowest BCUT2D eigenvalue weighted by Gasteiger charge is -2.19. The van der Waals surface area contributed by atoms with Crippen LogP contribution in [-0.4, -0.2) is 41.1 Å². The number of ether oxygens (including phenoxy) is 1. The van der Waals surface area contributed by atoms with Crippen molar-refractivity contribution in [2.45, 2.75) is 39.0 Å². The van der Waals surface area contributed by atoms with E-state index in [-0.39, 0.29) is 6.54 Å². The van der Waals surface area contributed by atoms with Gasteiger partial charge in [-0.3, -0.25) is 4.85 Å². The van der Waals surface area contributed by atoms with Gasteiger partial charge in [0, 0.05) is 19.7 Å². The van der Waals surface area contributed by atoms with Crippen LogP contribution < -0.4 is 0 Å². The molecule has 0 aliphatic carbocycles. The lowest BCUT2D eigenvalue weighted by molar-refractivity contribution is -0.155. The van der Waals surface area contributed by atoms with E-state index in [1.54, 1.807) is 54.5 Å². The first-order valence-corrected chi connectivity index (χ1v) is 15.3. The lowest BCUT2D eigenvalue weighted by atomic mass is 10.1. The van der Waals surface area contributed by atoms with Gasteiger partial charge in [-0.15, -0.1) is 0 Å². The van der Waals surface area contributed by atoms with E-state index in [0.717, 1.165) is 42.3 Å². The maximum atomic E-state index is 12.3. The highest BCUT2D eigenvalue weighted by molar-refractivity contribution is 9.10. The number of esters is 1. The van der Waals surface area contributed by atoms with Crippen LogP contribution in [0.3, 0.4) is 0 Å². The van der Waals surface area contributed by atoms with Crippen molar-refractivity contribution in [2.24, 2.45) is 0 Å². The fourth-order valence-corrected chi connectivity index (χ4v) is 5.11. The van der Waals surface area contributed by atoms with Crippen LogP contribution in [0.4, 0.5) is 0 Å². The Kier molecular flexibility index (Phi) is 9.37. The van der Waals surface area contributed by atoms with Gasteiger partial charge in [-0.2, -0.15) is 10.2 Å². The monoisotopic (exact) mass is 724 g/mol. The largest absolute Gasteiger partial charge is 0.454 e. The van der Waals surface area contributed by atoms with Crippen LogP contribution in [0.5, 0.6) is 0 Å². The van der Waals surface area contributed by atoms with Gasteiger partial charge in [-0.1, -0.05) is 56.1 Å². The molecule has 4 heterocycles. The van der Waals surface area contributed by atoms with Crippen LogP contribution in [0.15, 0.2) is 94.1 Å². The van der Waals surface area contributed by atoms with Gasteiger partial charge in [-0.25, -0.2) is 37.3 Å². The van der Waals surface area contributed by atoms with Crippen LogP contribution in [0.2, 0.25) is 0 Å². The molecule has 4 aromatic heterocycles. The number of hydrogen-bond donors (Lipinski definition) is 0. The Hall–Kier alpha value is -4.91. The number of carbonyl (C=O) groups is 1. The van der Waals surface area contributed by atoms with E-state index in [0.29, 0.717) is 11.5 Å². The van der Waals surface area contributed by atoms with Crippen molar-refractivity contribution in [1.29, 1.82) is 0 Å². The van der Waals surface area contributed by atoms with Gasteiger partial charge < -0.3 is 9.58 Å². The Morgan fingerprint density at radius 3 is 1.93 bits per heavy atom. The maximum Gasteiger partial charge on any atom is 0.397 e. The van der Waals surface area contributed by atoms with E-state index in [1.165, 1.54) is 0 Å². The normalized spacial score (nSPS) is 11.7. The van der Waals surface area contributed by atoms with Crippen LogP contribution in [0.1, 0.15) is 38.2 Å². The quantitative estimate of drug-likeness (QED) is 0.132. The Bertz CT molecular complexity index is 2100. The minimum absolute atomic E-state index is 0.288. The molecule has 1 unspecified atom stereocenters. The highest BCUT2D eigenvalue weighted by atomic mass is 79.9. The molecular formula is C33H26Br2N8O2. The van der Waals surface area contributed by atoms with Crippen LogP contribution in [0, 0.1) is 13.1 Å². The second-order valence-corrected chi connectivity index (χ2v) is 12.6. The van der Waals surface area contributed by atoms with Crippen LogP contribution in [-0.2, 0) is 16.1 Å². The SMILES string of the molecule is [C-]#[N+]C(C(=O)OC(C)(C)C)c1cccc(-n2ncc3ccc(Br)cc32)n1.[C-]#[N+]Cc1cccc(-n2ncc3ccc(Br)cc32)n1. The molecule has 2 aromatic carbocycles. The predicted molar refractivity (Wildman–Crippen MR) is 179 cm³/mol. The van der Waals surface area contributed by atoms with Crippen molar-refractivity contribution in [3.05, 3.63) is 128 Å². The summed E-state index contributed by atoms with van der Waals surface area (Å²) in [5, 5.41) is 10.8. The molecule has 0 aliphatic rings. The lowest BCUT2D eigenvalue weighted by Crippen LogP contribution is -2.27. The first-order chi connectivity index (χ1) is 21.6. The Morgan fingerprint density at radius 2 is 1.40 bits per heavy atom. The van der Waals surface area contributed by atoms with E-state index in [2.05, 4.69) is 61.7 Å². The molecule has 0 spiro atoms. The second kappa shape index (κ2) is 13.4. The molecule has 0 aliphatic heterocycles. The number of carbonyl (C=O) groups excluding carboxylic acids is 1. The molecule has 6 aromatic rings. The number of rotatable bonds is 5. The molecule has 6 rings (SSSR count). The number of halogens is 2. The predicted octanol–water partition coefficient (Wildman–Crippen LogP) is 8.09. The zero-order chi connectivity index (χ0) is 32.1. The molecule has 0 N–H and O–H groups in total. The molecule has 12 heteroatoms. The molecule has 0 bridgehead atoms. The molecular weight excluding hydrogens is 700 g/mol. The summed E-state index contributed by atoms with van der Waals surface area (Å²) in [6.45, 7) is 19.9. The first-order valence-electron chi connectivity index (χ1n) is 13.7. The van der Waals surface area contributed by atoms with E-state index < -0.39 is 17.6 Å². The van der Waals surface area contributed by atoms with Crippen molar-refractivity contribution < 1.29 is 9.53 Å². The molecule has 45 heavy (non-hydrogen) atoms. The first kappa shape index (κ1) is 31.5. The minimum Gasteiger partial charge on any atom is -0.454 e. The second-order valence-electron chi connectivity index (χ2n) is 10.8. The summed E-state index contributed by atoms with van der Waals surface area (Å²) in [7, 11) is 0. The molecule has 0 radical (unpaired) electrons. The van der Waals surface area contributed by atoms with Gasteiger partial charge in [0.05, 0.1) is 23.4 Å². The average Bonchev–Trinajstić information content (AvgIpc) is 3.61. The molecule has 224 valence electrons. The number of aromatic nitrogens is 6. The third-order valence-corrected chi connectivity index (χ3v) is 7.31. The van der Waals surface area contributed by atoms with Crippen LogP contribution in [0.25, 0.3) is 43.1 Å². The van der Waals surface area contributed by atoms with Crippen molar-refractivity contribution in [1.82, 2.24) is 29.5 Å². The van der Waals surface area contributed by atoms with Gasteiger partial charge >= 0.3 is 12.0 Å². The highest BCUT2D eigenvalue weighted by Crippen LogP contribution is 2.25. The molecule has 0 amide bonds. The summed E-state index contributed by atoms with van der Waals surface area (Å²) in [6, 6.07) is 21.5. The number of hydrogen-bond acceptors (Lipinski definition) is 6. The van der Waals surface area contributed by atoms with Gasteiger partial charge in [0.2, 0.25) is 0 Å². The summed E-state index contributed by atoms with van der Waals surface area (Å²) in [5.74, 6) is 0.660. The molecule has 0 fully saturated rings. The molecule has 1 atom stereocenters. The fraction of sp³-hybridized carbons (Fsp3) is 0.182. The van der Waals surface area contributed by atoms with E-state index in [1.807, 2.05) is 60.8 Å². The summed E-state index contributed by atoms with van der Waals surface area (Å²) in [6.07, 6.45) is 3.56. The van der Waals surface area contributed by atoms with E-state index in [4.69, 9.17) is 17.9 Å². The fourth-order valence-electron chi connectivity index (χ4n) is 4.41. The van der Waals surface area contributed by atoms with Gasteiger partial charge in [0.1, 0.15) is 17.0 Å². The Labute approximate surface area is 276 Å². The highest BCUT2D eigenvalue weighted by Gasteiger charge is 2.33. The molecule has 0 saturated carbocycles. The van der Waals surface area contributed by atoms with Gasteiger partial charge in [-0.05, 0) is 69.3 Å². The van der Waals surface area contributed by atoms with E-state index >= 15 is 0 Å². The average molecular weight is 726 g/mol. The number of benzene rings is 2. The maximum absolute atomic E-state index is 12.3. The van der Waals surface area contributed by atoms with Crippen molar-refractivity contribution in [3.8, 4) is 11.6 Å². The van der Waals surface area contributed by atoms with Crippen molar-refractivity contribution in [2.75, 3.05) is 0 Å². The molecule has 0 saturated heterocycles. The summed E-state index contributed by atoms with van der Waals surface area (Å²) in [4.78, 5) is 28.1. The van der Waals surface area contributed by atoms with E-state index in [9.17, 15) is 4.79 Å². The third-order valence-electron chi connectivity index (χ3n) is 6.33. The van der Waals surface area contributed by atoms with Crippen molar-refractivity contribution >= 4 is 59.6 Å².